The summed E-state index contributed by atoms with van der Waals surface area (Å²) in [4.78, 5) is 14.6. The summed E-state index contributed by atoms with van der Waals surface area (Å²) in [6, 6.07) is 17.1. The second kappa shape index (κ2) is 11.4. The average Bonchev–Trinajstić information content (AvgIpc) is 2.81. The number of amides is 1. The molecule has 2 aromatic carbocycles. The van der Waals surface area contributed by atoms with Crippen LogP contribution >= 0.6 is 0 Å². The molecule has 0 bridgehead atoms. The third-order valence-electron chi connectivity index (χ3n) is 6.10. The van der Waals surface area contributed by atoms with E-state index in [9.17, 15) is 9.90 Å². The molecular formula is C28H37NO4. The minimum Gasteiger partial charge on any atom is -0.497 e. The van der Waals surface area contributed by atoms with Crippen LogP contribution in [0.2, 0.25) is 0 Å². The second-order valence-electron chi connectivity index (χ2n) is 9.72. The van der Waals surface area contributed by atoms with Crippen LogP contribution in [0.1, 0.15) is 64.5 Å². The molecule has 2 aromatic rings. The van der Waals surface area contributed by atoms with E-state index in [1.807, 2.05) is 81.4 Å². The number of benzene rings is 2. The molecule has 1 saturated carbocycles. The van der Waals surface area contributed by atoms with Crippen LogP contribution in [0.5, 0.6) is 5.75 Å². The van der Waals surface area contributed by atoms with Gasteiger partial charge in [-0.05, 0) is 69.4 Å². The number of nitrogens with zero attached hydrogens (tertiary/aromatic N) is 1. The van der Waals surface area contributed by atoms with Crippen LogP contribution in [0.15, 0.2) is 66.9 Å². The highest BCUT2D eigenvalue weighted by atomic mass is 16.6. The highest BCUT2D eigenvalue weighted by Crippen LogP contribution is 2.38. The third-order valence-corrected chi connectivity index (χ3v) is 6.10. The molecule has 1 fully saturated rings. The first kappa shape index (κ1) is 24.8. The molecule has 5 heteroatoms. The maximum Gasteiger partial charge on any atom is 0.418 e. The predicted molar refractivity (Wildman–Crippen MR) is 132 cm³/mol. The van der Waals surface area contributed by atoms with Crippen LogP contribution < -0.4 is 9.64 Å². The molecule has 1 aliphatic rings. The topological polar surface area (TPSA) is 59.0 Å². The molecule has 0 aromatic heterocycles. The molecule has 0 radical (unpaired) electrons. The Morgan fingerprint density at radius 1 is 1.03 bits per heavy atom. The van der Waals surface area contributed by atoms with Gasteiger partial charge >= 0.3 is 6.09 Å². The van der Waals surface area contributed by atoms with Crippen molar-refractivity contribution in [1.29, 1.82) is 0 Å². The van der Waals surface area contributed by atoms with Gasteiger partial charge in [0.1, 0.15) is 11.4 Å². The lowest BCUT2D eigenvalue weighted by atomic mass is 9.76. The normalized spacial score (nSPS) is 16.9. The maximum atomic E-state index is 13.1. The van der Waals surface area contributed by atoms with E-state index >= 15 is 0 Å². The van der Waals surface area contributed by atoms with Crippen LogP contribution in [0.25, 0.3) is 0 Å². The van der Waals surface area contributed by atoms with Crippen molar-refractivity contribution in [2.24, 2.45) is 11.8 Å². The summed E-state index contributed by atoms with van der Waals surface area (Å²) in [5.74, 6) is 0.976. The van der Waals surface area contributed by atoms with E-state index in [1.54, 1.807) is 13.3 Å². The molecule has 0 aliphatic heterocycles. The highest BCUT2D eigenvalue weighted by molar-refractivity contribution is 5.90. The van der Waals surface area contributed by atoms with Crippen molar-refractivity contribution in [3.8, 4) is 5.75 Å². The van der Waals surface area contributed by atoms with Gasteiger partial charge in [-0.2, -0.15) is 0 Å². The molecule has 2 atom stereocenters. The Hall–Kier alpha value is -2.79. The van der Waals surface area contributed by atoms with Crippen molar-refractivity contribution >= 4 is 11.8 Å². The van der Waals surface area contributed by atoms with Crippen LogP contribution in [0, 0.1) is 11.8 Å². The van der Waals surface area contributed by atoms with Gasteiger partial charge < -0.3 is 14.6 Å². The Kier molecular flexibility index (Phi) is 8.56. The minimum absolute atomic E-state index is 0.101. The summed E-state index contributed by atoms with van der Waals surface area (Å²) in [6.07, 6.45) is 8.40. The SMILES string of the molecule is COc1ccc(N(/C=C\[C@@H](C2CCCCC2)[C@@H](O)c2ccccc2)C(=O)OC(C)(C)C)cc1. The smallest absolute Gasteiger partial charge is 0.418 e. The monoisotopic (exact) mass is 451 g/mol. The highest BCUT2D eigenvalue weighted by Gasteiger charge is 2.30. The van der Waals surface area contributed by atoms with E-state index in [0.717, 1.165) is 18.4 Å². The van der Waals surface area contributed by atoms with E-state index in [-0.39, 0.29) is 5.92 Å². The molecule has 0 unspecified atom stereocenters. The minimum atomic E-state index is -0.637. The Bertz CT molecular complexity index is 896. The molecule has 178 valence electrons. The zero-order chi connectivity index (χ0) is 23.8. The third kappa shape index (κ3) is 7.10. The predicted octanol–water partition coefficient (Wildman–Crippen LogP) is 6.88. The second-order valence-corrected chi connectivity index (χ2v) is 9.72. The summed E-state index contributed by atoms with van der Waals surface area (Å²) in [7, 11) is 1.61. The fraction of sp³-hybridized carbons (Fsp3) is 0.464. The van der Waals surface area contributed by atoms with E-state index in [1.165, 1.54) is 24.2 Å². The molecule has 33 heavy (non-hydrogen) atoms. The fourth-order valence-corrected chi connectivity index (χ4v) is 4.40. The van der Waals surface area contributed by atoms with Gasteiger partial charge in [0.05, 0.1) is 18.9 Å². The molecule has 5 nitrogen and oxygen atoms in total. The Balaban J connectivity index is 1.93. The van der Waals surface area contributed by atoms with Crippen molar-refractivity contribution in [3.05, 3.63) is 72.4 Å². The van der Waals surface area contributed by atoms with E-state index in [2.05, 4.69) is 0 Å². The summed E-state index contributed by atoms with van der Waals surface area (Å²) >= 11 is 0. The Labute approximate surface area is 198 Å². The number of methoxy groups -OCH3 is 1. The largest absolute Gasteiger partial charge is 0.497 e. The van der Waals surface area contributed by atoms with E-state index in [0.29, 0.717) is 17.4 Å². The fourth-order valence-electron chi connectivity index (χ4n) is 4.40. The molecular weight excluding hydrogens is 414 g/mol. The first-order valence-corrected chi connectivity index (χ1v) is 11.9. The Morgan fingerprint density at radius 3 is 2.24 bits per heavy atom. The van der Waals surface area contributed by atoms with Crippen molar-refractivity contribution in [2.75, 3.05) is 12.0 Å². The van der Waals surface area contributed by atoms with Gasteiger partial charge in [-0.25, -0.2) is 4.79 Å². The quantitative estimate of drug-likeness (QED) is 0.498. The van der Waals surface area contributed by atoms with E-state index < -0.39 is 17.8 Å². The van der Waals surface area contributed by atoms with Crippen molar-refractivity contribution in [3.63, 3.8) is 0 Å². The lowest BCUT2D eigenvalue weighted by Gasteiger charge is -2.32. The van der Waals surface area contributed by atoms with Crippen molar-refractivity contribution in [1.82, 2.24) is 0 Å². The first-order chi connectivity index (χ1) is 15.8. The zero-order valence-corrected chi connectivity index (χ0v) is 20.2. The lowest BCUT2D eigenvalue weighted by molar-refractivity contribution is 0.0593. The molecule has 3 rings (SSSR count). The van der Waals surface area contributed by atoms with Gasteiger partial charge in [-0.3, -0.25) is 4.90 Å². The molecule has 0 saturated heterocycles. The number of aliphatic hydroxyl groups is 1. The Morgan fingerprint density at radius 2 is 1.67 bits per heavy atom. The number of carbonyl (C=O) groups is 1. The van der Waals surface area contributed by atoms with Gasteiger partial charge in [-0.1, -0.05) is 55.7 Å². The molecule has 1 aliphatic carbocycles. The number of rotatable bonds is 7. The molecule has 0 spiro atoms. The average molecular weight is 452 g/mol. The van der Waals surface area contributed by atoms with Crippen molar-refractivity contribution in [2.45, 2.75) is 64.6 Å². The van der Waals surface area contributed by atoms with Gasteiger partial charge in [-0.15, -0.1) is 0 Å². The van der Waals surface area contributed by atoms with Gasteiger partial charge in [0, 0.05) is 12.1 Å². The van der Waals surface area contributed by atoms with Crippen LogP contribution in [-0.4, -0.2) is 23.9 Å². The van der Waals surface area contributed by atoms with Gasteiger partial charge in [0.2, 0.25) is 0 Å². The maximum absolute atomic E-state index is 13.1. The summed E-state index contributed by atoms with van der Waals surface area (Å²) in [6.45, 7) is 5.56. The molecule has 0 heterocycles. The van der Waals surface area contributed by atoms with Gasteiger partial charge in [0.25, 0.3) is 0 Å². The standard InChI is InChI=1S/C28H37NO4/c1-28(2,3)33-27(31)29(23-15-17-24(32-4)18-16-23)20-19-25(21-11-7-5-8-12-21)26(30)22-13-9-6-10-14-22/h6,9-10,13-21,25-26,30H,5,7-8,11-12H2,1-4H3/b20-19-/t25-,26-/m0/s1. The van der Waals surface area contributed by atoms with E-state index in [4.69, 9.17) is 9.47 Å². The molecule has 1 N–H and O–H groups in total. The van der Waals surface area contributed by atoms with Crippen LogP contribution in [0.4, 0.5) is 10.5 Å². The number of hydrogen-bond donors (Lipinski definition) is 1. The zero-order valence-electron chi connectivity index (χ0n) is 20.2. The van der Waals surface area contributed by atoms with Gasteiger partial charge in [0.15, 0.2) is 0 Å². The number of anilines is 1. The number of ether oxygens (including phenoxy) is 2. The van der Waals surface area contributed by atoms with Crippen molar-refractivity contribution < 1.29 is 19.4 Å². The lowest BCUT2D eigenvalue weighted by Crippen LogP contribution is -2.34. The summed E-state index contributed by atoms with van der Waals surface area (Å²) in [5.41, 5.74) is 0.950. The number of hydrogen-bond acceptors (Lipinski definition) is 4. The number of carbonyl (C=O) groups excluding carboxylic acids is 1. The van der Waals surface area contributed by atoms with Crippen LogP contribution in [-0.2, 0) is 4.74 Å². The summed E-state index contributed by atoms with van der Waals surface area (Å²) in [5, 5.41) is 11.3. The summed E-state index contributed by atoms with van der Waals surface area (Å²) < 4.78 is 10.9. The first-order valence-electron chi connectivity index (χ1n) is 11.9. The van der Waals surface area contributed by atoms with Crippen LogP contribution in [0.3, 0.4) is 0 Å². The number of aliphatic hydroxyl groups excluding tert-OH is 1. The molecule has 1 amide bonds.